The molecule has 0 bridgehead atoms. The monoisotopic (exact) mass is 346 g/mol. The number of carbonyl (C=O) groups excluding carboxylic acids is 1. The average Bonchev–Trinajstić information content (AvgIpc) is 2.61. The van der Waals surface area contributed by atoms with Crippen molar-refractivity contribution in [2.24, 2.45) is 10.7 Å². The molecule has 1 heterocycles. The summed E-state index contributed by atoms with van der Waals surface area (Å²) >= 11 is 0. The molecule has 0 unspecified atom stereocenters. The SMILES string of the molecule is CC(C)(C)c1ccc2nc(-c3ccccc3)cc(N=C(N)NC=O)c2c1. The molecular formula is C21H22N4O. The summed E-state index contributed by atoms with van der Waals surface area (Å²) in [6.07, 6.45) is 0.515. The zero-order valence-corrected chi connectivity index (χ0v) is 15.2. The summed E-state index contributed by atoms with van der Waals surface area (Å²) in [6.45, 7) is 6.47. The number of carbonyl (C=O) groups is 1. The van der Waals surface area contributed by atoms with Gasteiger partial charge in [0.25, 0.3) is 0 Å². The van der Waals surface area contributed by atoms with E-state index in [1.165, 1.54) is 5.56 Å². The van der Waals surface area contributed by atoms with Crippen LogP contribution in [-0.2, 0) is 10.2 Å². The summed E-state index contributed by atoms with van der Waals surface area (Å²) < 4.78 is 0. The van der Waals surface area contributed by atoms with Crippen molar-refractivity contribution in [2.75, 3.05) is 0 Å². The van der Waals surface area contributed by atoms with E-state index in [1.54, 1.807) is 0 Å². The Morgan fingerprint density at radius 3 is 2.50 bits per heavy atom. The second-order valence-corrected chi connectivity index (χ2v) is 7.13. The maximum Gasteiger partial charge on any atom is 0.213 e. The number of pyridine rings is 1. The van der Waals surface area contributed by atoms with Crippen LogP contribution >= 0.6 is 0 Å². The number of hydrogen-bond acceptors (Lipinski definition) is 3. The Kier molecular flexibility index (Phi) is 4.71. The number of nitrogens with two attached hydrogens (primary N) is 1. The molecule has 0 saturated heterocycles. The zero-order valence-electron chi connectivity index (χ0n) is 15.2. The standard InChI is InChI=1S/C21H22N4O/c1-21(2,3)15-9-10-17-16(11-15)19(25-20(22)23-13-26)12-18(24-17)14-7-5-4-6-8-14/h4-13H,1-3H3,(H3,22,23,24,25,26). The fraction of sp³-hybridized carbons (Fsp3) is 0.190. The number of aliphatic imine (C=N–C) groups is 1. The lowest BCUT2D eigenvalue weighted by molar-refractivity contribution is -0.108. The Hall–Kier alpha value is -3.21. The molecule has 0 radical (unpaired) electrons. The molecule has 0 saturated carbocycles. The Labute approximate surface area is 153 Å². The minimum absolute atomic E-state index is 0.000132. The highest BCUT2D eigenvalue weighted by atomic mass is 16.1. The fourth-order valence-electron chi connectivity index (χ4n) is 2.75. The first-order valence-electron chi connectivity index (χ1n) is 8.43. The van der Waals surface area contributed by atoms with Gasteiger partial charge in [-0.05, 0) is 29.2 Å². The maximum atomic E-state index is 10.7. The van der Waals surface area contributed by atoms with Crippen LogP contribution < -0.4 is 11.1 Å². The average molecular weight is 346 g/mol. The van der Waals surface area contributed by atoms with Gasteiger partial charge in [-0.15, -0.1) is 0 Å². The van der Waals surface area contributed by atoms with Crippen molar-refractivity contribution in [3.8, 4) is 11.3 Å². The Bertz CT molecular complexity index is 972. The molecule has 132 valence electrons. The third-order valence-electron chi connectivity index (χ3n) is 4.17. The van der Waals surface area contributed by atoms with Crippen LogP contribution in [0.4, 0.5) is 5.69 Å². The summed E-state index contributed by atoms with van der Waals surface area (Å²) in [5.74, 6) is 0.0488. The highest BCUT2D eigenvalue weighted by molar-refractivity contribution is 5.97. The summed E-state index contributed by atoms with van der Waals surface area (Å²) in [5.41, 5.74) is 10.3. The lowest BCUT2D eigenvalue weighted by Crippen LogP contribution is -2.29. The maximum absolute atomic E-state index is 10.7. The second kappa shape index (κ2) is 6.96. The van der Waals surface area contributed by atoms with Gasteiger partial charge in [0.15, 0.2) is 5.96 Å². The normalized spacial score (nSPS) is 12.2. The number of fused-ring (bicyclic) bond motifs is 1. The van der Waals surface area contributed by atoms with Crippen molar-refractivity contribution >= 4 is 29.0 Å². The van der Waals surface area contributed by atoms with Gasteiger partial charge >= 0.3 is 0 Å². The molecule has 3 rings (SSSR count). The largest absolute Gasteiger partial charge is 0.369 e. The smallest absolute Gasteiger partial charge is 0.213 e. The first-order chi connectivity index (χ1) is 12.4. The summed E-state index contributed by atoms with van der Waals surface area (Å²) in [5, 5.41) is 3.29. The molecular weight excluding hydrogens is 324 g/mol. The highest BCUT2D eigenvalue weighted by Gasteiger charge is 2.16. The number of rotatable bonds is 3. The van der Waals surface area contributed by atoms with Crippen LogP contribution in [0.3, 0.4) is 0 Å². The van der Waals surface area contributed by atoms with Crippen molar-refractivity contribution < 1.29 is 4.79 Å². The highest BCUT2D eigenvalue weighted by Crippen LogP contribution is 2.33. The minimum atomic E-state index is -0.000132. The van der Waals surface area contributed by atoms with Gasteiger partial charge in [-0.25, -0.2) is 9.98 Å². The number of amides is 1. The van der Waals surface area contributed by atoms with Crippen LogP contribution in [0.1, 0.15) is 26.3 Å². The van der Waals surface area contributed by atoms with E-state index in [1.807, 2.05) is 42.5 Å². The third kappa shape index (κ3) is 3.72. The molecule has 0 spiro atoms. The third-order valence-corrected chi connectivity index (χ3v) is 4.17. The zero-order chi connectivity index (χ0) is 18.7. The first kappa shape index (κ1) is 17.6. The molecule has 0 fully saturated rings. The van der Waals surface area contributed by atoms with Gasteiger partial charge in [0.2, 0.25) is 6.41 Å². The molecule has 0 aliphatic carbocycles. The van der Waals surface area contributed by atoms with Crippen molar-refractivity contribution in [1.82, 2.24) is 10.3 Å². The van der Waals surface area contributed by atoms with E-state index < -0.39 is 0 Å². The lowest BCUT2D eigenvalue weighted by atomic mass is 9.86. The minimum Gasteiger partial charge on any atom is -0.369 e. The molecule has 3 N–H and O–H groups in total. The number of benzene rings is 2. The van der Waals surface area contributed by atoms with Gasteiger partial charge in [-0.2, -0.15) is 0 Å². The first-order valence-corrected chi connectivity index (χ1v) is 8.43. The van der Waals surface area contributed by atoms with Crippen molar-refractivity contribution in [2.45, 2.75) is 26.2 Å². The molecule has 3 aromatic rings. The van der Waals surface area contributed by atoms with E-state index in [-0.39, 0.29) is 11.4 Å². The molecule has 0 atom stereocenters. The van der Waals surface area contributed by atoms with Crippen LogP contribution in [0.25, 0.3) is 22.2 Å². The molecule has 1 aromatic heterocycles. The van der Waals surface area contributed by atoms with Crippen LogP contribution in [0.2, 0.25) is 0 Å². The number of hydrogen-bond donors (Lipinski definition) is 2. The molecule has 0 aliphatic rings. The number of guanidine groups is 1. The summed E-state index contributed by atoms with van der Waals surface area (Å²) in [4.78, 5) is 19.8. The van der Waals surface area contributed by atoms with Crippen molar-refractivity contribution in [3.63, 3.8) is 0 Å². The van der Waals surface area contributed by atoms with Crippen LogP contribution in [0, 0.1) is 0 Å². The Morgan fingerprint density at radius 2 is 1.85 bits per heavy atom. The molecule has 2 aromatic carbocycles. The van der Waals surface area contributed by atoms with Gasteiger partial charge in [-0.1, -0.05) is 57.2 Å². The van der Waals surface area contributed by atoms with E-state index >= 15 is 0 Å². The van der Waals surface area contributed by atoms with Gasteiger partial charge in [0, 0.05) is 10.9 Å². The molecule has 5 heteroatoms. The van der Waals surface area contributed by atoms with Crippen molar-refractivity contribution in [3.05, 3.63) is 60.2 Å². The molecule has 5 nitrogen and oxygen atoms in total. The van der Waals surface area contributed by atoms with Crippen LogP contribution in [-0.4, -0.2) is 17.4 Å². The summed E-state index contributed by atoms with van der Waals surface area (Å²) in [7, 11) is 0. The topological polar surface area (TPSA) is 80.4 Å². The Balaban J connectivity index is 2.26. The Morgan fingerprint density at radius 1 is 1.12 bits per heavy atom. The predicted octanol–water partition coefficient (Wildman–Crippen LogP) is 3.89. The van der Waals surface area contributed by atoms with E-state index in [0.717, 1.165) is 22.2 Å². The fourth-order valence-corrected chi connectivity index (χ4v) is 2.75. The molecule has 1 amide bonds. The van der Waals surface area contributed by atoms with Crippen molar-refractivity contribution in [1.29, 1.82) is 0 Å². The van der Waals surface area contributed by atoms with Gasteiger partial charge in [0.1, 0.15) is 0 Å². The molecule has 0 aliphatic heterocycles. The van der Waals surface area contributed by atoms with Gasteiger partial charge in [-0.3, -0.25) is 10.1 Å². The second-order valence-electron chi connectivity index (χ2n) is 7.13. The van der Waals surface area contributed by atoms with E-state index in [2.05, 4.69) is 43.2 Å². The van der Waals surface area contributed by atoms with Crippen LogP contribution in [0.5, 0.6) is 0 Å². The van der Waals surface area contributed by atoms with E-state index in [9.17, 15) is 4.79 Å². The van der Waals surface area contributed by atoms with E-state index in [4.69, 9.17) is 10.7 Å². The number of nitrogens with zero attached hydrogens (tertiary/aromatic N) is 2. The number of nitrogens with one attached hydrogen (secondary N) is 1. The van der Waals surface area contributed by atoms with E-state index in [0.29, 0.717) is 12.1 Å². The van der Waals surface area contributed by atoms with Crippen LogP contribution in [0.15, 0.2) is 59.6 Å². The summed E-state index contributed by atoms with van der Waals surface area (Å²) in [6, 6.07) is 18.0. The van der Waals surface area contributed by atoms with Gasteiger partial charge < -0.3 is 5.73 Å². The number of aromatic nitrogens is 1. The molecule has 26 heavy (non-hydrogen) atoms. The quantitative estimate of drug-likeness (QED) is 0.429. The lowest BCUT2D eigenvalue weighted by Gasteiger charge is -2.20. The van der Waals surface area contributed by atoms with Gasteiger partial charge in [0.05, 0.1) is 16.9 Å². The predicted molar refractivity (Wildman–Crippen MR) is 106 cm³/mol.